The predicted octanol–water partition coefficient (Wildman–Crippen LogP) is -0.672. The average Bonchev–Trinajstić information content (AvgIpc) is 1.91. The molecule has 0 bridgehead atoms. The summed E-state index contributed by atoms with van der Waals surface area (Å²) in [5.41, 5.74) is 12.0. The second-order valence-corrected chi connectivity index (χ2v) is 2.92. The van der Waals surface area contributed by atoms with E-state index in [9.17, 15) is 0 Å². The van der Waals surface area contributed by atoms with Gasteiger partial charge in [-0.1, -0.05) is 0 Å². The van der Waals surface area contributed by atoms with E-state index < -0.39 is 0 Å². The lowest BCUT2D eigenvalue weighted by atomic mass is 9.95. The van der Waals surface area contributed by atoms with E-state index in [0.717, 1.165) is 18.7 Å². The van der Waals surface area contributed by atoms with Gasteiger partial charge in [0.25, 0.3) is 0 Å². The second kappa shape index (κ2) is 2.60. The van der Waals surface area contributed by atoms with Crippen LogP contribution in [0.2, 0.25) is 0 Å². The molecule has 1 fully saturated rings. The molecule has 64 valence electrons. The minimum Gasteiger partial charge on any atom is -0.383 e. The van der Waals surface area contributed by atoms with Gasteiger partial charge < -0.3 is 16.8 Å². The quantitative estimate of drug-likeness (QED) is 0.513. The molecule has 1 aliphatic rings. The number of nitrogens with zero attached hydrogens (tertiary/aromatic N) is 2. The van der Waals surface area contributed by atoms with Gasteiger partial charge in [0.15, 0.2) is 0 Å². The molecule has 0 aromatic carbocycles. The highest BCUT2D eigenvalue weighted by Crippen LogP contribution is 2.23. The first-order valence-electron chi connectivity index (χ1n) is 3.86. The highest BCUT2D eigenvalue weighted by molar-refractivity contribution is 5.44. The van der Waals surface area contributed by atoms with Crippen LogP contribution < -0.4 is 16.8 Å². The number of nitrogens with one attached hydrogen (secondary N) is 1. The van der Waals surface area contributed by atoms with Crippen molar-refractivity contribution in [1.82, 2.24) is 15.3 Å². The maximum Gasteiger partial charge on any atom is 0.221 e. The summed E-state index contributed by atoms with van der Waals surface area (Å²) in [6.45, 7) is 1.91. The van der Waals surface area contributed by atoms with Gasteiger partial charge in [-0.2, -0.15) is 4.98 Å². The number of rotatable bonds is 1. The van der Waals surface area contributed by atoms with Crippen molar-refractivity contribution < 1.29 is 0 Å². The van der Waals surface area contributed by atoms with Crippen molar-refractivity contribution in [2.24, 2.45) is 0 Å². The molecule has 0 amide bonds. The Morgan fingerprint density at radius 2 is 2.17 bits per heavy atom. The molecule has 0 unspecified atom stereocenters. The van der Waals surface area contributed by atoms with Gasteiger partial charge in [-0.05, 0) is 0 Å². The molecule has 1 saturated heterocycles. The lowest BCUT2D eigenvalue weighted by molar-refractivity contribution is 0.448. The molecule has 0 saturated carbocycles. The highest BCUT2D eigenvalue weighted by atomic mass is 15.0. The van der Waals surface area contributed by atoms with E-state index in [1.807, 2.05) is 0 Å². The Kier molecular flexibility index (Phi) is 1.58. The molecular formula is C7H11N5. The first-order chi connectivity index (χ1) is 5.77. The Morgan fingerprint density at radius 1 is 1.42 bits per heavy atom. The van der Waals surface area contributed by atoms with Crippen LogP contribution in [0.15, 0.2) is 6.20 Å². The Balaban J connectivity index is 2.31. The van der Waals surface area contributed by atoms with Gasteiger partial charge in [0.05, 0.1) is 0 Å². The highest BCUT2D eigenvalue weighted by Gasteiger charge is 2.21. The fraction of sp³-hybridized carbons (Fsp3) is 0.429. The van der Waals surface area contributed by atoms with E-state index in [1.165, 1.54) is 0 Å². The summed E-state index contributed by atoms with van der Waals surface area (Å²) in [6, 6.07) is 0. The van der Waals surface area contributed by atoms with Crippen LogP contribution in [0.4, 0.5) is 11.8 Å². The molecule has 0 aliphatic carbocycles. The van der Waals surface area contributed by atoms with Crippen LogP contribution >= 0.6 is 0 Å². The fourth-order valence-corrected chi connectivity index (χ4v) is 1.24. The Morgan fingerprint density at radius 3 is 2.67 bits per heavy atom. The Bertz CT molecular complexity index is 294. The van der Waals surface area contributed by atoms with Crippen LogP contribution in [0.3, 0.4) is 0 Å². The predicted molar refractivity (Wildman–Crippen MR) is 46.5 cm³/mol. The molecule has 5 heteroatoms. The van der Waals surface area contributed by atoms with Gasteiger partial charge in [-0.3, -0.25) is 0 Å². The minimum atomic E-state index is 0.239. The van der Waals surface area contributed by atoms with Crippen molar-refractivity contribution in [1.29, 1.82) is 0 Å². The van der Waals surface area contributed by atoms with Gasteiger partial charge in [-0.25, -0.2) is 4.98 Å². The first kappa shape index (κ1) is 7.30. The third-order valence-corrected chi connectivity index (χ3v) is 2.09. The van der Waals surface area contributed by atoms with Crippen LogP contribution in [0.5, 0.6) is 0 Å². The van der Waals surface area contributed by atoms with Crippen molar-refractivity contribution >= 4 is 11.8 Å². The van der Waals surface area contributed by atoms with Gasteiger partial charge in [0.2, 0.25) is 5.95 Å². The molecule has 12 heavy (non-hydrogen) atoms. The molecule has 1 aromatic rings. The number of hydrogen-bond donors (Lipinski definition) is 3. The van der Waals surface area contributed by atoms with E-state index in [4.69, 9.17) is 11.5 Å². The summed E-state index contributed by atoms with van der Waals surface area (Å²) in [5.74, 6) is 1.21. The van der Waals surface area contributed by atoms with Crippen LogP contribution in [0, 0.1) is 0 Å². The van der Waals surface area contributed by atoms with Crippen LogP contribution in [0.1, 0.15) is 11.5 Å². The lowest BCUT2D eigenvalue weighted by Crippen LogP contribution is -2.40. The number of hydrogen-bond acceptors (Lipinski definition) is 5. The minimum absolute atomic E-state index is 0.239. The van der Waals surface area contributed by atoms with Gasteiger partial charge >= 0.3 is 0 Å². The van der Waals surface area contributed by atoms with Crippen molar-refractivity contribution in [3.05, 3.63) is 11.8 Å². The van der Waals surface area contributed by atoms with E-state index in [2.05, 4.69) is 15.3 Å². The number of nitrogens with two attached hydrogens (primary N) is 2. The van der Waals surface area contributed by atoms with E-state index >= 15 is 0 Å². The molecule has 1 aliphatic heterocycles. The number of nitrogen functional groups attached to an aromatic ring is 2. The lowest BCUT2D eigenvalue weighted by Gasteiger charge is -2.27. The van der Waals surface area contributed by atoms with E-state index in [-0.39, 0.29) is 5.95 Å². The summed E-state index contributed by atoms with van der Waals surface area (Å²) < 4.78 is 0. The second-order valence-electron chi connectivity index (χ2n) is 2.92. The fourth-order valence-electron chi connectivity index (χ4n) is 1.24. The van der Waals surface area contributed by atoms with Gasteiger partial charge in [0.1, 0.15) is 5.82 Å². The normalized spacial score (nSPS) is 17.3. The Labute approximate surface area is 70.2 Å². The van der Waals surface area contributed by atoms with Crippen molar-refractivity contribution in [3.63, 3.8) is 0 Å². The smallest absolute Gasteiger partial charge is 0.221 e. The summed E-state index contributed by atoms with van der Waals surface area (Å²) >= 11 is 0. The Hall–Kier alpha value is -1.36. The molecule has 0 spiro atoms. The number of aromatic nitrogens is 2. The van der Waals surface area contributed by atoms with Gasteiger partial charge in [0, 0.05) is 30.8 Å². The van der Waals surface area contributed by atoms with Crippen LogP contribution in [0.25, 0.3) is 0 Å². The first-order valence-corrected chi connectivity index (χ1v) is 3.86. The largest absolute Gasteiger partial charge is 0.383 e. The maximum absolute atomic E-state index is 5.67. The molecule has 1 aromatic heterocycles. The molecule has 0 atom stereocenters. The van der Waals surface area contributed by atoms with Crippen molar-refractivity contribution in [2.75, 3.05) is 24.6 Å². The molecule has 0 radical (unpaired) electrons. The molecule has 5 N–H and O–H groups in total. The third kappa shape index (κ3) is 1.08. The molecule has 2 rings (SSSR count). The van der Waals surface area contributed by atoms with E-state index in [1.54, 1.807) is 6.20 Å². The van der Waals surface area contributed by atoms with E-state index in [0.29, 0.717) is 11.7 Å². The summed E-state index contributed by atoms with van der Waals surface area (Å²) in [7, 11) is 0. The van der Waals surface area contributed by atoms with Crippen LogP contribution in [-0.4, -0.2) is 23.1 Å². The third-order valence-electron chi connectivity index (χ3n) is 2.09. The molecule has 5 nitrogen and oxygen atoms in total. The zero-order valence-corrected chi connectivity index (χ0v) is 6.62. The van der Waals surface area contributed by atoms with Crippen molar-refractivity contribution in [2.45, 2.75) is 5.92 Å². The van der Waals surface area contributed by atoms with Crippen molar-refractivity contribution in [3.8, 4) is 0 Å². The standard InChI is InChI=1S/C7H11N5/c8-6-5(4-1-10-2-4)3-11-7(9)12-6/h3-4,10H,1-2H2,(H4,8,9,11,12). The number of anilines is 2. The topological polar surface area (TPSA) is 89.8 Å². The van der Waals surface area contributed by atoms with Gasteiger partial charge in [-0.15, -0.1) is 0 Å². The maximum atomic E-state index is 5.67. The van der Waals surface area contributed by atoms with Crippen LogP contribution in [-0.2, 0) is 0 Å². The zero-order valence-electron chi connectivity index (χ0n) is 6.62. The monoisotopic (exact) mass is 165 g/mol. The molecule has 2 heterocycles. The summed E-state index contributed by atoms with van der Waals surface area (Å²) in [4.78, 5) is 7.79. The molecular weight excluding hydrogens is 154 g/mol. The zero-order chi connectivity index (χ0) is 8.55. The summed E-state index contributed by atoms with van der Waals surface area (Å²) in [6.07, 6.45) is 1.71. The average molecular weight is 165 g/mol. The summed E-state index contributed by atoms with van der Waals surface area (Å²) in [5, 5.41) is 3.16. The SMILES string of the molecule is Nc1ncc(C2CNC2)c(N)n1.